The van der Waals surface area contributed by atoms with Gasteiger partial charge in [-0.05, 0) is 19.1 Å². The van der Waals surface area contributed by atoms with Crippen molar-refractivity contribution in [2.75, 3.05) is 5.32 Å². The largest absolute Gasteiger partial charge is 0.480 e. The number of non-ortho nitro benzene ring substituents is 1. The van der Waals surface area contributed by atoms with Crippen LogP contribution in [0.1, 0.15) is 6.92 Å². The highest BCUT2D eigenvalue weighted by Crippen LogP contribution is 2.15. The molecule has 0 aliphatic rings. The van der Waals surface area contributed by atoms with Crippen molar-refractivity contribution < 1.29 is 14.8 Å². The summed E-state index contributed by atoms with van der Waals surface area (Å²) in [5, 5.41) is 21.6. The van der Waals surface area contributed by atoms with Gasteiger partial charge in [-0.15, -0.1) is 37.2 Å². The van der Waals surface area contributed by atoms with Gasteiger partial charge in [0.2, 0.25) is 0 Å². The molecule has 1 aromatic rings. The van der Waals surface area contributed by atoms with Crippen LogP contribution in [0.25, 0.3) is 0 Å². The minimum absolute atomic E-state index is 0. The van der Waals surface area contributed by atoms with Crippen molar-refractivity contribution in [2.45, 2.75) is 13.0 Å². The van der Waals surface area contributed by atoms with Crippen molar-refractivity contribution in [1.82, 2.24) is 0 Å². The fourth-order valence-electron chi connectivity index (χ4n) is 0.991. The predicted molar refractivity (Wildman–Crippen MR) is 75.6 cm³/mol. The zero-order chi connectivity index (χ0) is 11.4. The lowest BCUT2D eigenvalue weighted by molar-refractivity contribution is -0.384. The van der Waals surface area contributed by atoms with Crippen molar-refractivity contribution in [3.63, 3.8) is 0 Å². The Morgan fingerprint density at radius 3 is 2.06 bits per heavy atom. The van der Waals surface area contributed by atoms with Crippen LogP contribution in [0.5, 0.6) is 0 Å². The van der Waals surface area contributed by atoms with Gasteiger partial charge in [-0.1, -0.05) is 0 Å². The van der Waals surface area contributed by atoms with Crippen LogP contribution in [-0.2, 0) is 4.79 Å². The van der Waals surface area contributed by atoms with E-state index in [1.165, 1.54) is 31.2 Å². The smallest absolute Gasteiger partial charge is 0.325 e. The maximum atomic E-state index is 10.5. The van der Waals surface area contributed by atoms with Gasteiger partial charge < -0.3 is 10.4 Å². The number of nitro groups is 1. The first kappa shape index (κ1) is 22.0. The molecule has 2 N–H and O–H groups in total. The third kappa shape index (κ3) is 6.48. The maximum Gasteiger partial charge on any atom is 0.325 e. The van der Waals surface area contributed by atoms with Gasteiger partial charge in [-0.25, -0.2) is 0 Å². The average Bonchev–Trinajstić information content (AvgIpc) is 2.18. The quantitative estimate of drug-likeness (QED) is 0.657. The van der Waals surface area contributed by atoms with Crippen molar-refractivity contribution >= 4 is 54.6 Å². The Bertz CT molecular complexity index is 386. The highest BCUT2D eigenvalue weighted by atomic mass is 35.5. The Balaban J connectivity index is -0.000000750. The third-order valence-corrected chi connectivity index (χ3v) is 1.83. The molecule has 0 amide bonds. The van der Waals surface area contributed by atoms with E-state index in [1.807, 2.05) is 0 Å². The lowest BCUT2D eigenvalue weighted by Gasteiger charge is -2.09. The molecule has 6 nitrogen and oxygen atoms in total. The summed E-state index contributed by atoms with van der Waals surface area (Å²) in [7, 11) is 0. The summed E-state index contributed by atoms with van der Waals surface area (Å²) in [5.41, 5.74) is 0.513. The summed E-state index contributed by atoms with van der Waals surface area (Å²) in [4.78, 5) is 20.3. The van der Waals surface area contributed by atoms with Gasteiger partial charge >= 0.3 is 5.97 Å². The number of nitro benzene ring substituents is 1. The third-order valence-electron chi connectivity index (χ3n) is 1.83. The number of halogens is 3. The molecule has 104 valence electrons. The molecule has 1 atom stereocenters. The molecular weight excluding hydrogens is 306 g/mol. The van der Waals surface area contributed by atoms with E-state index in [0.29, 0.717) is 5.69 Å². The predicted octanol–water partition coefficient (Wildman–Crippen LogP) is 2.75. The molecular formula is C9H13Cl3N2O4. The number of carboxylic acid groups (broad SMARTS) is 1. The number of hydrogen-bond acceptors (Lipinski definition) is 4. The van der Waals surface area contributed by atoms with Crippen LogP contribution >= 0.6 is 37.2 Å². The van der Waals surface area contributed by atoms with Crippen LogP contribution in [-0.4, -0.2) is 22.0 Å². The zero-order valence-corrected chi connectivity index (χ0v) is 11.7. The molecule has 0 radical (unpaired) electrons. The number of benzene rings is 1. The summed E-state index contributed by atoms with van der Waals surface area (Å²) >= 11 is 0. The van der Waals surface area contributed by atoms with Gasteiger partial charge in [0, 0.05) is 17.8 Å². The second-order valence-electron chi connectivity index (χ2n) is 3.01. The van der Waals surface area contributed by atoms with Crippen LogP contribution < -0.4 is 5.32 Å². The van der Waals surface area contributed by atoms with E-state index in [2.05, 4.69) is 5.32 Å². The van der Waals surface area contributed by atoms with Crippen LogP contribution in [0, 0.1) is 10.1 Å². The molecule has 1 rings (SSSR count). The Morgan fingerprint density at radius 1 is 1.28 bits per heavy atom. The van der Waals surface area contributed by atoms with Gasteiger partial charge in [0.05, 0.1) is 4.92 Å². The van der Waals surface area contributed by atoms with Crippen molar-refractivity contribution in [1.29, 1.82) is 0 Å². The molecule has 0 aliphatic carbocycles. The van der Waals surface area contributed by atoms with E-state index in [4.69, 9.17) is 5.11 Å². The van der Waals surface area contributed by atoms with Crippen LogP contribution in [0.3, 0.4) is 0 Å². The molecule has 18 heavy (non-hydrogen) atoms. The van der Waals surface area contributed by atoms with Gasteiger partial charge in [0.1, 0.15) is 6.04 Å². The second kappa shape index (κ2) is 9.76. The average molecular weight is 320 g/mol. The number of aliphatic carboxylic acids is 1. The molecule has 0 bridgehead atoms. The molecule has 0 saturated carbocycles. The Morgan fingerprint density at radius 2 is 1.72 bits per heavy atom. The first-order valence-corrected chi connectivity index (χ1v) is 4.24. The SMILES string of the molecule is C[C@H](Nc1ccc([N+](=O)[O-])cc1)C(=O)O.Cl.Cl.Cl. The fraction of sp³-hybridized carbons (Fsp3) is 0.222. The number of hydrogen-bond donors (Lipinski definition) is 2. The number of rotatable bonds is 4. The van der Waals surface area contributed by atoms with E-state index in [1.54, 1.807) is 0 Å². The van der Waals surface area contributed by atoms with Gasteiger partial charge in [-0.3, -0.25) is 14.9 Å². The number of carbonyl (C=O) groups is 1. The Kier molecular flexibility index (Phi) is 11.9. The number of carboxylic acids is 1. The minimum atomic E-state index is -0.978. The molecule has 0 saturated heterocycles. The molecule has 0 aliphatic heterocycles. The lowest BCUT2D eigenvalue weighted by atomic mass is 10.2. The molecule has 0 aromatic heterocycles. The summed E-state index contributed by atoms with van der Waals surface area (Å²) in [6.45, 7) is 1.49. The summed E-state index contributed by atoms with van der Waals surface area (Å²) in [5.74, 6) is -0.978. The van der Waals surface area contributed by atoms with Gasteiger partial charge in [0.15, 0.2) is 0 Å². The van der Waals surface area contributed by atoms with E-state index in [9.17, 15) is 14.9 Å². The van der Waals surface area contributed by atoms with Crippen LogP contribution in [0.4, 0.5) is 11.4 Å². The van der Waals surface area contributed by atoms with Crippen LogP contribution in [0.2, 0.25) is 0 Å². The second-order valence-corrected chi connectivity index (χ2v) is 3.01. The molecule has 9 heteroatoms. The highest BCUT2D eigenvalue weighted by Gasteiger charge is 2.10. The van der Waals surface area contributed by atoms with E-state index >= 15 is 0 Å². The minimum Gasteiger partial charge on any atom is -0.480 e. The van der Waals surface area contributed by atoms with Crippen LogP contribution in [0.15, 0.2) is 24.3 Å². The maximum absolute atomic E-state index is 10.5. The summed E-state index contributed by atoms with van der Waals surface area (Å²) in [6, 6.07) is 4.84. The monoisotopic (exact) mass is 318 g/mol. The molecule has 0 fully saturated rings. The Hall–Kier alpha value is -1.24. The normalized spacial score (nSPS) is 9.83. The molecule has 0 heterocycles. The standard InChI is InChI=1S/C9H10N2O4.3ClH/c1-6(9(12)13)10-7-2-4-8(5-3-7)11(14)15;;;/h2-6,10H,1H3,(H,12,13);3*1H/t6-;;;/m0.../s1. The number of anilines is 1. The van der Waals surface area contributed by atoms with E-state index < -0.39 is 16.9 Å². The molecule has 0 unspecified atom stereocenters. The van der Waals surface area contributed by atoms with Gasteiger partial charge in [0.25, 0.3) is 5.69 Å². The van der Waals surface area contributed by atoms with Crippen molar-refractivity contribution in [2.24, 2.45) is 0 Å². The van der Waals surface area contributed by atoms with E-state index in [0.717, 1.165) is 0 Å². The van der Waals surface area contributed by atoms with E-state index in [-0.39, 0.29) is 42.9 Å². The zero-order valence-electron chi connectivity index (χ0n) is 9.23. The summed E-state index contributed by atoms with van der Waals surface area (Å²) < 4.78 is 0. The summed E-state index contributed by atoms with van der Waals surface area (Å²) in [6.07, 6.45) is 0. The first-order chi connectivity index (χ1) is 7.00. The Labute approximate surface area is 122 Å². The topological polar surface area (TPSA) is 92.5 Å². The lowest BCUT2D eigenvalue weighted by Crippen LogP contribution is -2.25. The fourth-order valence-corrected chi connectivity index (χ4v) is 0.991. The highest BCUT2D eigenvalue weighted by molar-refractivity contribution is 5.86. The first-order valence-electron chi connectivity index (χ1n) is 4.24. The molecule has 0 spiro atoms. The van der Waals surface area contributed by atoms with Gasteiger partial charge in [-0.2, -0.15) is 0 Å². The van der Waals surface area contributed by atoms with Crippen molar-refractivity contribution in [3.05, 3.63) is 34.4 Å². The number of nitrogens with zero attached hydrogens (tertiary/aromatic N) is 1. The van der Waals surface area contributed by atoms with Crippen molar-refractivity contribution in [3.8, 4) is 0 Å². The number of nitrogens with one attached hydrogen (secondary N) is 1. The molecule has 1 aromatic carbocycles.